The summed E-state index contributed by atoms with van der Waals surface area (Å²) in [4.78, 5) is 32.6. The molecule has 0 radical (unpaired) electrons. The Morgan fingerprint density at radius 2 is 1.71 bits per heavy atom. The molecular weight excluding hydrogens is 504 g/mol. The largest absolute Gasteiger partial charge is 0.489 e. The molecule has 1 atom stereocenters. The van der Waals surface area contributed by atoms with E-state index >= 15 is 0 Å². The van der Waals surface area contributed by atoms with E-state index in [-0.39, 0.29) is 5.91 Å². The zero-order chi connectivity index (χ0) is 26.6. The molecule has 1 fully saturated rings. The van der Waals surface area contributed by atoms with Crippen LogP contribution in [0.15, 0.2) is 89.0 Å². The summed E-state index contributed by atoms with van der Waals surface area (Å²) in [6, 6.07) is 23.7. The number of amides is 3. The van der Waals surface area contributed by atoms with Crippen molar-refractivity contribution >= 4 is 41.5 Å². The number of imide groups is 1. The highest BCUT2D eigenvalue weighted by Crippen LogP contribution is 2.23. The van der Waals surface area contributed by atoms with Crippen molar-refractivity contribution < 1.29 is 18.9 Å². The summed E-state index contributed by atoms with van der Waals surface area (Å²) < 4.78 is 7.60. The van der Waals surface area contributed by atoms with Crippen LogP contribution in [0, 0.1) is 0 Å². The highest BCUT2D eigenvalue weighted by molar-refractivity contribution is 6.31. The summed E-state index contributed by atoms with van der Waals surface area (Å²) >= 11 is 6.40. The first-order chi connectivity index (χ1) is 18.4. The minimum absolute atomic E-state index is 0.296. The van der Waals surface area contributed by atoms with Gasteiger partial charge in [0.25, 0.3) is 5.91 Å². The van der Waals surface area contributed by atoms with Crippen LogP contribution in [0.5, 0.6) is 5.75 Å². The van der Waals surface area contributed by atoms with Crippen LogP contribution >= 0.6 is 11.6 Å². The lowest BCUT2D eigenvalue weighted by Crippen LogP contribution is -2.61. The van der Waals surface area contributed by atoms with Gasteiger partial charge >= 0.3 is 12.0 Å². The Morgan fingerprint density at radius 3 is 2.45 bits per heavy atom. The third kappa shape index (κ3) is 5.14. The molecular formula is C28H26ClN6O3+. The Morgan fingerprint density at radius 1 is 1.00 bits per heavy atom. The molecule has 2 aliphatic heterocycles. The number of benzene rings is 3. The fourth-order valence-electron chi connectivity index (χ4n) is 4.22. The second-order valence-electron chi connectivity index (χ2n) is 8.87. The maximum atomic E-state index is 13.1. The van der Waals surface area contributed by atoms with E-state index in [9.17, 15) is 9.59 Å². The van der Waals surface area contributed by atoms with E-state index in [4.69, 9.17) is 16.3 Å². The first-order valence-electron chi connectivity index (χ1n) is 12.0. The number of carbonyl (C=O) groups is 2. The Labute approximate surface area is 225 Å². The van der Waals surface area contributed by atoms with Gasteiger partial charge in [-0.25, -0.2) is 9.37 Å². The third-order valence-electron chi connectivity index (χ3n) is 6.34. The number of hydrogen-bond acceptors (Lipinski definition) is 6. The van der Waals surface area contributed by atoms with Crippen LogP contribution in [0.1, 0.15) is 16.7 Å². The molecule has 1 saturated heterocycles. The van der Waals surface area contributed by atoms with E-state index in [1.165, 1.54) is 11.9 Å². The number of hydrazone groups is 1. The molecule has 3 amide bonds. The minimum atomic E-state index is -0.780. The van der Waals surface area contributed by atoms with Crippen molar-refractivity contribution in [3.8, 4) is 5.75 Å². The number of rotatable bonds is 7. The number of nitrogens with one attached hydrogen (secondary N) is 1. The van der Waals surface area contributed by atoms with Crippen molar-refractivity contribution in [3.05, 3.63) is 101 Å². The lowest BCUT2D eigenvalue weighted by molar-refractivity contribution is -0.553. The van der Waals surface area contributed by atoms with Crippen LogP contribution in [0.3, 0.4) is 0 Å². The molecule has 3 aromatic carbocycles. The van der Waals surface area contributed by atoms with E-state index in [0.29, 0.717) is 30.0 Å². The first kappa shape index (κ1) is 25.2. The molecule has 0 spiro atoms. The van der Waals surface area contributed by atoms with Gasteiger partial charge in [-0.15, -0.1) is 5.10 Å². The molecule has 192 valence electrons. The van der Waals surface area contributed by atoms with Gasteiger partial charge in [0.2, 0.25) is 11.9 Å². The van der Waals surface area contributed by atoms with Gasteiger partial charge in [0.1, 0.15) is 12.4 Å². The number of hydrogen-bond donors (Lipinski definition) is 1. The SMILES string of the molecule is CN1C(=O)C2C(=NC(N/N=C/c3ccc(OCc4ccccc4)cc3)=[N+]2Cc2ccccc2Cl)N(C)C1=O. The van der Waals surface area contributed by atoms with Gasteiger partial charge in [0.05, 0.1) is 12.8 Å². The predicted octanol–water partition coefficient (Wildman–Crippen LogP) is 3.72. The molecule has 0 aromatic heterocycles. The maximum Gasteiger partial charge on any atom is 0.414 e. The molecule has 38 heavy (non-hydrogen) atoms. The number of fused-ring (bicyclic) bond motifs is 1. The van der Waals surface area contributed by atoms with E-state index in [1.807, 2.05) is 72.8 Å². The molecule has 5 rings (SSSR count). The minimum Gasteiger partial charge on any atom is -0.489 e. The normalized spacial score (nSPS) is 17.2. The highest BCUT2D eigenvalue weighted by atomic mass is 35.5. The van der Waals surface area contributed by atoms with Crippen LogP contribution in [-0.2, 0) is 17.9 Å². The summed E-state index contributed by atoms with van der Waals surface area (Å²) in [6.45, 7) is 0.784. The molecule has 0 bridgehead atoms. The first-order valence-corrected chi connectivity index (χ1v) is 12.4. The van der Waals surface area contributed by atoms with Crippen LogP contribution in [0.25, 0.3) is 0 Å². The molecule has 2 aliphatic rings. The number of guanidine groups is 1. The Balaban J connectivity index is 1.34. The fraction of sp³-hybridized carbons (Fsp3) is 0.179. The Bertz CT molecular complexity index is 1450. The summed E-state index contributed by atoms with van der Waals surface area (Å²) in [5.74, 6) is 1.06. The Hall–Kier alpha value is -4.50. The number of aliphatic imine (C=N–C) groups is 1. The fourth-order valence-corrected chi connectivity index (χ4v) is 4.42. The summed E-state index contributed by atoms with van der Waals surface area (Å²) in [5.41, 5.74) is 5.70. The van der Waals surface area contributed by atoms with Crippen molar-refractivity contribution in [1.29, 1.82) is 0 Å². The summed E-state index contributed by atoms with van der Waals surface area (Å²) in [6.07, 6.45) is 1.65. The smallest absolute Gasteiger partial charge is 0.414 e. The van der Waals surface area contributed by atoms with Gasteiger partial charge in [-0.3, -0.25) is 14.6 Å². The van der Waals surface area contributed by atoms with Crippen LogP contribution < -0.4 is 10.2 Å². The van der Waals surface area contributed by atoms with Gasteiger partial charge in [-0.2, -0.15) is 5.43 Å². The number of likely N-dealkylation sites (N-methyl/N-ethyl adjacent to an activating group) is 2. The van der Waals surface area contributed by atoms with Gasteiger partial charge in [-0.1, -0.05) is 65.1 Å². The number of urea groups is 1. The van der Waals surface area contributed by atoms with E-state index in [2.05, 4.69) is 15.5 Å². The highest BCUT2D eigenvalue weighted by Gasteiger charge is 2.51. The monoisotopic (exact) mass is 529 g/mol. The quantitative estimate of drug-likeness (QED) is 0.287. The lowest BCUT2D eigenvalue weighted by Gasteiger charge is -2.31. The van der Waals surface area contributed by atoms with Gasteiger partial charge in [-0.05, 0) is 41.5 Å². The predicted molar refractivity (Wildman–Crippen MR) is 146 cm³/mol. The van der Waals surface area contributed by atoms with Gasteiger partial charge in [0.15, 0.2) is 0 Å². The zero-order valence-electron chi connectivity index (χ0n) is 20.9. The second kappa shape index (κ2) is 10.9. The van der Waals surface area contributed by atoms with E-state index < -0.39 is 12.1 Å². The number of amidine groups is 1. The van der Waals surface area contributed by atoms with Crippen molar-refractivity contribution in [1.82, 2.24) is 15.2 Å². The molecule has 9 nitrogen and oxygen atoms in total. The van der Waals surface area contributed by atoms with Crippen molar-refractivity contribution in [3.63, 3.8) is 0 Å². The number of ether oxygens (including phenoxy) is 1. The molecule has 0 saturated carbocycles. The number of nitrogens with zero attached hydrogens (tertiary/aromatic N) is 5. The lowest BCUT2D eigenvalue weighted by atomic mass is 10.1. The molecule has 1 unspecified atom stereocenters. The molecule has 2 heterocycles. The van der Waals surface area contributed by atoms with Crippen LogP contribution in [0.4, 0.5) is 4.79 Å². The standard InChI is InChI=1S/C28H25ClN6O3/c1-33-25-24(26(36)34(2)28(33)37)35(17-21-10-6-7-11-23(21)29)27(31-25)32-30-16-19-12-14-22(15-13-19)38-18-20-8-4-3-5-9-20/h3-16,24H,17-18H2,1-2H3/p+1/b30-16+. The topological polar surface area (TPSA) is 89.6 Å². The van der Waals surface area contributed by atoms with Crippen LogP contribution in [0.2, 0.25) is 5.02 Å². The average Bonchev–Trinajstić information content (AvgIpc) is 3.30. The summed E-state index contributed by atoms with van der Waals surface area (Å²) in [5, 5.41) is 4.91. The molecule has 3 aromatic rings. The van der Waals surface area contributed by atoms with Crippen molar-refractivity contribution in [2.24, 2.45) is 10.1 Å². The average molecular weight is 530 g/mol. The Kier molecular flexibility index (Phi) is 7.19. The van der Waals surface area contributed by atoms with Crippen molar-refractivity contribution in [2.45, 2.75) is 19.2 Å². The van der Waals surface area contributed by atoms with E-state index in [0.717, 1.165) is 27.3 Å². The molecule has 10 heteroatoms. The molecule has 1 N–H and O–H groups in total. The summed E-state index contributed by atoms with van der Waals surface area (Å²) in [7, 11) is 3.06. The number of carbonyl (C=O) groups excluding carboxylic acids is 2. The van der Waals surface area contributed by atoms with E-state index in [1.54, 1.807) is 23.9 Å². The number of halogens is 1. The zero-order valence-corrected chi connectivity index (χ0v) is 21.7. The maximum absolute atomic E-state index is 13.1. The van der Waals surface area contributed by atoms with Crippen molar-refractivity contribution in [2.75, 3.05) is 14.1 Å². The third-order valence-corrected chi connectivity index (χ3v) is 6.70. The van der Waals surface area contributed by atoms with Gasteiger partial charge in [0, 0.05) is 24.7 Å². The molecule has 0 aliphatic carbocycles. The second-order valence-corrected chi connectivity index (χ2v) is 9.27. The van der Waals surface area contributed by atoms with Gasteiger partial charge < -0.3 is 4.74 Å². The van der Waals surface area contributed by atoms with Crippen LogP contribution in [-0.4, -0.2) is 64.5 Å².